The Morgan fingerprint density at radius 3 is 2.48 bits per heavy atom. The summed E-state index contributed by atoms with van der Waals surface area (Å²) in [7, 11) is 1.28. The summed E-state index contributed by atoms with van der Waals surface area (Å²) in [5.74, 6) is -0.278. The minimum atomic E-state index is -0.548. The van der Waals surface area contributed by atoms with E-state index >= 15 is 0 Å². The lowest BCUT2D eigenvalue weighted by molar-refractivity contribution is -0.114. The Balaban J connectivity index is 1.65. The molecule has 2 amide bonds. The van der Waals surface area contributed by atoms with Crippen LogP contribution >= 0.6 is 11.6 Å². The fourth-order valence-corrected chi connectivity index (χ4v) is 2.84. The first kappa shape index (κ1) is 21.8. The SMILES string of the molecule is COC(=O)c1cc(-c2ccc(/C=N\NC(=O)c3ccc(NC(C)=O)cc3)o2)ccc1Cl. The van der Waals surface area contributed by atoms with Gasteiger partial charge in [-0.2, -0.15) is 5.10 Å². The van der Waals surface area contributed by atoms with Gasteiger partial charge in [0.25, 0.3) is 5.91 Å². The average molecular weight is 440 g/mol. The Labute approximate surface area is 182 Å². The fourth-order valence-electron chi connectivity index (χ4n) is 2.65. The lowest BCUT2D eigenvalue weighted by Gasteiger charge is -2.04. The number of carbonyl (C=O) groups is 3. The smallest absolute Gasteiger partial charge is 0.339 e. The molecule has 2 aromatic carbocycles. The van der Waals surface area contributed by atoms with Gasteiger partial charge in [-0.15, -0.1) is 0 Å². The van der Waals surface area contributed by atoms with Crippen molar-refractivity contribution < 1.29 is 23.5 Å². The number of nitrogens with zero attached hydrogens (tertiary/aromatic N) is 1. The van der Waals surface area contributed by atoms with Crippen LogP contribution in [-0.2, 0) is 9.53 Å². The van der Waals surface area contributed by atoms with E-state index in [1.54, 1.807) is 54.6 Å². The summed E-state index contributed by atoms with van der Waals surface area (Å²) < 4.78 is 10.4. The molecule has 0 unspecified atom stereocenters. The van der Waals surface area contributed by atoms with Crippen molar-refractivity contribution in [2.75, 3.05) is 12.4 Å². The molecule has 1 heterocycles. The maximum atomic E-state index is 12.2. The van der Waals surface area contributed by atoms with E-state index in [0.717, 1.165) is 0 Å². The van der Waals surface area contributed by atoms with Crippen molar-refractivity contribution in [2.24, 2.45) is 5.10 Å². The van der Waals surface area contributed by atoms with Gasteiger partial charge in [0.05, 0.1) is 23.9 Å². The zero-order chi connectivity index (χ0) is 22.4. The van der Waals surface area contributed by atoms with Crippen LogP contribution in [0, 0.1) is 0 Å². The molecule has 3 aromatic rings. The van der Waals surface area contributed by atoms with E-state index in [-0.39, 0.29) is 16.5 Å². The van der Waals surface area contributed by atoms with Gasteiger partial charge in [-0.3, -0.25) is 9.59 Å². The highest BCUT2D eigenvalue weighted by atomic mass is 35.5. The maximum absolute atomic E-state index is 12.2. The molecule has 0 radical (unpaired) electrons. The Morgan fingerprint density at radius 1 is 1.06 bits per heavy atom. The molecule has 8 nitrogen and oxygen atoms in total. The number of carbonyl (C=O) groups excluding carboxylic acids is 3. The van der Waals surface area contributed by atoms with Crippen molar-refractivity contribution in [1.29, 1.82) is 0 Å². The van der Waals surface area contributed by atoms with Crippen molar-refractivity contribution >= 4 is 41.3 Å². The number of nitrogens with one attached hydrogen (secondary N) is 2. The third-order valence-corrected chi connectivity index (χ3v) is 4.44. The second-order valence-corrected chi connectivity index (χ2v) is 6.75. The fraction of sp³-hybridized carbons (Fsp3) is 0.0909. The van der Waals surface area contributed by atoms with Crippen LogP contribution in [0.5, 0.6) is 0 Å². The molecule has 0 saturated heterocycles. The number of furan rings is 1. The van der Waals surface area contributed by atoms with E-state index in [1.807, 2.05) is 0 Å². The number of benzene rings is 2. The molecule has 0 atom stereocenters. The van der Waals surface area contributed by atoms with E-state index in [9.17, 15) is 14.4 Å². The van der Waals surface area contributed by atoms with Crippen LogP contribution in [0.2, 0.25) is 5.02 Å². The number of rotatable bonds is 6. The van der Waals surface area contributed by atoms with Gasteiger partial charge in [0.1, 0.15) is 11.5 Å². The van der Waals surface area contributed by atoms with Crippen molar-refractivity contribution in [3.05, 3.63) is 76.5 Å². The molecule has 0 aliphatic rings. The average Bonchev–Trinajstić information content (AvgIpc) is 3.22. The molecule has 1 aromatic heterocycles. The van der Waals surface area contributed by atoms with Crippen LogP contribution < -0.4 is 10.7 Å². The molecule has 0 saturated carbocycles. The number of halogens is 1. The molecule has 0 aliphatic heterocycles. The third-order valence-electron chi connectivity index (χ3n) is 4.11. The predicted molar refractivity (Wildman–Crippen MR) is 116 cm³/mol. The second kappa shape index (κ2) is 9.73. The number of hydrogen-bond donors (Lipinski definition) is 2. The van der Waals surface area contributed by atoms with E-state index in [4.69, 9.17) is 20.8 Å². The van der Waals surface area contributed by atoms with E-state index in [1.165, 1.54) is 20.2 Å². The molecule has 0 spiro atoms. The molecule has 0 fully saturated rings. The number of anilines is 1. The lowest BCUT2D eigenvalue weighted by atomic mass is 10.1. The second-order valence-electron chi connectivity index (χ2n) is 6.35. The number of ether oxygens (including phenoxy) is 1. The van der Waals surface area contributed by atoms with Gasteiger partial charge >= 0.3 is 5.97 Å². The van der Waals surface area contributed by atoms with Crippen molar-refractivity contribution in [3.8, 4) is 11.3 Å². The first-order valence-corrected chi connectivity index (χ1v) is 9.44. The summed E-state index contributed by atoms with van der Waals surface area (Å²) in [6.07, 6.45) is 1.35. The van der Waals surface area contributed by atoms with E-state index < -0.39 is 11.9 Å². The van der Waals surface area contributed by atoms with Crippen molar-refractivity contribution in [3.63, 3.8) is 0 Å². The molecule has 3 rings (SSSR count). The van der Waals surface area contributed by atoms with Crippen molar-refractivity contribution in [1.82, 2.24) is 5.43 Å². The number of amides is 2. The monoisotopic (exact) mass is 439 g/mol. The summed E-state index contributed by atoms with van der Waals surface area (Å²) in [6, 6.07) is 14.6. The highest BCUT2D eigenvalue weighted by Crippen LogP contribution is 2.27. The number of esters is 1. The molecular weight excluding hydrogens is 422 g/mol. The summed E-state index contributed by atoms with van der Waals surface area (Å²) in [5.41, 5.74) is 4.23. The van der Waals surface area contributed by atoms with Gasteiger partial charge in [0, 0.05) is 23.7 Å². The summed E-state index contributed by atoms with van der Waals surface area (Å²) in [6.45, 7) is 1.40. The van der Waals surface area contributed by atoms with E-state index in [2.05, 4.69) is 15.8 Å². The molecule has 0 bridgehead atoms. The van der Waals surface area contributed by atoms with Gasteiger partial charge < -0.3 is 14.5 Å². The largest absolute Gasteiger partial charge is 0.465 e. The molecule has 2 N–H and O–H groups in total. The van der Waals surface area contributed by atoms with Gasteiger partial charge in [0.15, 0.2) is 0 Å². The highest BCUT2D eigenvalue weighted by Gasteiger charge is 2.13. The lowest BCUT2D eigenvalue weighted by Crippen LogP contribution is -2.17. The van der Waals surface area contributed by atoms with Crippen LogP contribution in [-0.4, -0.2) is 31.1 Å². The number of hydrazone groups is 1. The van der Waals surface area contributed by atoms with Gasteiger partial charge in [-0.1, -0.05) is 11.6 Å². The summed E-state index contributed by atoms with van der Waals surface area (Å²) in [5, 5.41) is 6.78. The Morgan fingerprint density at radius 2 is 1.81 bits per heavy atom. The quantitative estimate of drug-likeness (QED) is 0.341. The van der Waals surface area contributed by atoms with Crippen LogP contribution in [0.15, 0.2) is 64.1 Å². The van der Waals surface area contributed by atoms with Gasteiger partial charge in [-0.05, 0) is 54.6 Å². The molecular formula is C22H18ClN3O5. The van der Waals surface area contributed by atoms with Crippen LogP contribution in [0.1, 0.15) is 33.4 Å². The van der Waals surface area contributed by atoms with Crippen LogP contribution in [0.25, 0.3) is 11.3 Å². The van der Waals surface area contributed by atoms with Crippen molar-refractivity contribution in [2.45, 2.75) is 6.92 Å². The number of methoxy groups -OCH3 is 1. The van der Waals surface area contributed by atoms with Gasteiger partial charge in [0.2, 0.25) is 5.91 Å². The zero-order valence-electron chi connectivity index (χ0n) is 16.6. The first-order valence-electron chi connectivity index (χ1n) is 9.06. The Kier molecular flexibility index (Phi) is 6.84. The topological polar surface area (TPSA) is 110 Å². The standard InChI is InChI=1S/C22H18ClN3O5/c1-13(27)25-16-6-3-14(4-7-16)21(28)26-24-12-17-8-10-20(31-17)15-5-9-19(23)18(11-15)22(29)30-2/h3-12H,1-2H3,(H,25,27)(H,26,28)/b24-12-. The zero-order valence-corrected chi connectivity index (χ0v) is 17.4. The molecule has 0 aliphatic carbocycles. The van der Waals surface area contributed by atoms with E-state index in [0.29, 0.717) is 28.3 Å². The highest BCUT2D eigenvalue weighted by molar-refractivity contribution is 6.33. The summed E-state index contributed by atoms with van der Waals surface area (Å²) >= 11 is 6.03. The molecule has 158 valence electrons. The minimum absolute atomic E-state index is 0.195. The molecule has 9 heteroatoms. The summed E-state index contributed by atoms with van der Waals surface area (Å²) in [4.78, 5) is 35.0. The van der Waals surface area contributed by atoms with Gasteiger partial charge in [-0.25, -0.2) is 10.2 Å². The first-order chi connectivity index (χ1) is 14.9. The number of hydrogen-bond acceptors (Lipinski definition) is 6. The Hall–Kier alpha value is -3.91. The van der Waals surface area contributed by atoms with Crippen LogP contribution in [0.4, 0.5) is 5.69 Å². The maximum Gasteiger partial charge on any atom is 0.339 e. The Bertz CT molecular complexity index is 1150. The predicted octanol–water partition coefficient (Wildman–Crippen LogP) is 4.11. The minimum Gasteiger partial charge on any atom is -0.465 e. The third kappa shape index (κ3) is 5.58. The molecule has 31 heavy (non-hydrogen) atoms. The normalized spacial score (nSPS) is 10.7. The van der Waals surface area contributed by atoms with Crippen LogP contribution in [0.3, 0.4) is 0 Å².